The van der Waals surface area contributed by atoms with Gasteiger partial charge in [-0.3, -0.25) is 4.79 Å². The van der Waals surface area contributed by atoms with Crippen molar-refractivity contribution in [2.24, 2.45) is 0 Å². The molecule has 3 rings (SSSR count). The van der Waals surface area contributed by atoms with Gasteiger partial charge in [0.1, 0.15) is 5.56 Å². The van der Waals surface area contributed by atoms with Crippen LogP contribution in [0.4, 0.5) is 26.3 Å². The minimum Gasteiger partial charge on any atom is -0.352 e. The largest absolute Gasteiger partial charge is 0.436 e. The van der Waals surface area contributed by atoms with Crippen molar-refractivity contribution in [3.8, 4) is 5.69 Å². The number of halogens is 6. The molecule has 0 aliphatic carbocycles. The van der Waals surface area contributed by atoms with Crippen molar-refractivity contribution >= 4 is 5.91 Å². The lowest BCUT2D eigenvalue weighted by Crippen LogP contribution is -2.30. The number of alkyl halides is 6. The van der Waals surface area contributed by atoms with Crippen LogP contribution in [0, 0.1) is 0 Å². The molecule has 4 nitrogen and oxygen atoms in total. The Bertz CT molecular complexity index is 1010. The lowest BCUT2D eigenvalue weighted by Gasteiger charge is -2.13. The van der Waals surface area contributed by atoms with Crippen molar-refractivity contribution in [2.45, 2.75) is 18.8 Å². The molecule has 3 aromatic rings. The van der Waals surface area contributed by atoms with E-state index in [9.17, 15) is 31.1 Å². The van der Waals surface area contributed by atoms with Gasteiger partial charge in [-0.25, -0.2) is 4.68 Å². The quantitative estimate of drug-likeness (QED) is 0.590. The summed E-state index contributed by atoms with van der Waals surface area (Å²) in [6.45, 7) is -0.145. The minimum absolute atomic E-state index is 0.106. The molecule has 158 valence electrons. The fourth-order valence-electron chi connectivity index (χ4n) is 2.90. The zero-order valence-electron chi connectivity index (χ0n) is 15.3. The molecule has 0 aliphatic rings. The maximum atomic E-state index is 13.7. The molecule has 2 aromatic carbocycles. The monoisotopic (exact) mass is 427 g/mol. The molecule has 10 heteroatoms. The van der Waals surface area contributed by atoms with Gasteiger partial charge in [0.15, 0.2) is 11.4 Å². The number of rotatable bonds is 5. The molecule has 30 heavy (non-hydrogen) atoms. The first-order chi connectivity index (χ1) is 14.1. The second-order valence-electron chi connectivity index (χ2n) is 6.31. The Kier molecular flexibility index (Phi) is 5.86. The molecule has 0 aliphatic heterocycles. The first kappa shape index (κ1) is 21.4. The summed E-state index contributed by atoms with van der Waals surface area (Å²) in [5.41, 5.74) is -4.70. The number of para-hydroxylation sites is 1. The topological polar surface area (TPSA) is 46.9 Å². The summed E-state index contributed by atoms with van der Waals surface area (Å²) in [4.78, 5) is 12.5. The summed E-state index contributed by atoms with van der Waals surface area (Å²) in [6.07, 6.45) is -10.3. The highest BCUT2D eigenvalue weighted by Crippen LogP contribution is 2.40. The van der Waals surface area contributed by atoms with Crippen LogP contribution < -0.4 is 5.32 Å². The SMILES string of the molecule is O=C(NCCc1ccccc1)c1c(C(F)(F)F)nn(-c2ccccc2)c1C(F)(F)F. The Balaban J connectivity index is 2.02. The Morgan fingerprint density at radius 1 is 0.867 bits per heavy atom. The Morgan fingerprint density at radius 3 is 1.97 bits per heavy atom. The number of nitrogens with one attached hydrogen (secondary N) is 1. The van der Waals surface area contributed by atoms with Gasteiger partial charge in [-0.15, -0.1) is 0 Å². The van der Waals surface area contributed by atoms with E-state index in [4.69, 9.17) is 0 Å². The first-order valence-electron chi connectivity index (χ1n) is 8.74. The first-order valence-corrected chi connectivity index (χ1v) is 8.74. The van der Waals surface area contributed by atoms with Crippen molar-refractivity contribution < 1.29 is 31.1 Å². The molecule has 1 amide bonds. The smallest absolute Gasteiger partial charge is 0.352 e. The van der Waals surface area contributed by atoms with Crippen LogP contribution in [0.5, 0.6) is 0 Å². The number of benzene rings is 2. The number of nitrogens with zero attached hydrogens (tertiary/aromatic N) is 2. The maximum Gasteiger partial charge on any atom is 0.436 e. The predicted molar refractivity (Wildman–Crippen MR) is 96.0 cm³/mol. The van der Waals surface area contributed by atoms with Crippen molar-refractivity contribution in [2.75, 3.05) is 6.54 Å². The Morgan fingerprint density at radius 2 is 1.43 bits per heavy atom. The Labute approximate surface area is 167 Å². The zero-order chi connectivity index (χ0) is 21.9. The van der Waals surface area contributed by atoms with Crippen LogP contribution in [0.3, 0.4) is 0 Å². The third-order valence-electron chi connectivity index (χ3n) is 4.19. The van der Waals surface area contributed by atoms with Gasteiger partial charge in [0.05, 0.1) is 5.69 Å². The number of hydrogen-bond donors (Lipinski definition) is 1. The molecule has 0 saturated carbocycles. The number of carbonyl (C=O) groups is 1. The highest BCUT2D eigenvalue weighted by atomic mass is 19.4. The molecule has 0 saturated heterocycles. The molecular weight excluding hydrogens is 412 g/mol. The van der Waals surface area contributed by atoms with Crippen LogP contribution >= 0.6 is 0 Å². The lowest BCUT2D eigenvalue weighted by atomic mass is 10.1. The van der Waals surface area contributed by atoms with Crippen molar-refractivity contribution in [3.05, 3.63) is 83.2 Å². The fourth-order valence-corrected chi connectivity index (χ4v) is 2.90. The molecule has 0 fully saturated rings. The summed E-state index contributed by atoms with van der Waals surface area (Å²) < 4.78 is 81.7. The van der Waals surface area contributed by atoms with E-state index in [0.717, 1.165) is 5.56 Å². The minimum atomic E-state index is -5.26. The number of hydrogen-bond acceptors (Lipinski definition) is 2. The average Bonchev–Trinajstić information content (AvgIpc) is 3.11. The summed E-state index contributed by atoms with van der Waals surface area (Å²) in [6, 6.07) is 15.2. The highest BCUT2D eigenvalue weighted by Gasteiger charge is 2.49. The molecule has 1 heterocycles. The van der Waals surface area contributed by atoms with E-state index in [2.05, 4.69) is 10.4 Å². The van der Waals surface area contributed by atoms with E-state index in [0.29, 0.717) is 0 Å². The van der Waals surface area contributed by atoms with Crippen LogP contribution in [0.1, 0.15) is 27.3 Å². The summed E-state index contributed by atoms with van der Waals surface area (Å²) in [7, 11) is 0. The molecule has 0 unspecified atom stereocenters. The number of carbonyl (C=O) groups excluding carboxylic acids is 1. The maximum absolute atomic E-state index is 13.7. The van der Waals surface area contributed by atoms with Crippen LogP contribution in [0.2, 0.25) is 0 Å². The van der Waals surface area contributed by atoms with Gasteiger partial charge in [-0.05, 0) is 24.1 Å². The van der Waals surface area contributed by atoms with E-state index < -0.39 is 35.2 Å². The van der Waals surface area contributed by atoms with Gasteiger partial charge in [0.2, 0.25) is 0 Å². The average molecular weight is 427 g/mol. The van der Waals surface area contributed by atoms with E-state index in [1.54, 1.807) is 30.3 Å². The van der Waals surface area contributed by atoms with Gasteiger partial charge < -0.3 is 5.32 Å². The third-order valence-corrected chi connectivity index (χ3v) is 4.19. The van der Waals surface area contributed by atoms with Crippen LogP contribution in [0.15, 0.2) is 60.7 Å². The van der Waals surface area contributed by atoms with E-state index in [1.807, 2.05) is 0 Å². The standard InChI is InChI=1S/C20H15F6N3O/c21-19(22,23)16-15(18(30)27-12-11-13-7-3-1-4-8-13)17(20(24,25)26)29(28-16)14-9-5-2-6-10-14/h1-10H,11-12H2,(H,27,30). The van der Waals surface area contributed by atoms with Crippen molar-refractivity contribution in [1.29, 1.82) is 0 Å². The molecular formula is C20H15F6N3O. The van der Waals surface area contributed by atoms with Gasteiger partial charge in [-0.2, -0.15) is 31.4 Å². The summed E-state index contributed by atoms with van der Waals surface area (Å²) in [5, 5.41) is 5.26. The molecule has 1 N–H and O–H groups in total. The van der Waals surface area contributed by atoms with Gasteiger partial charge >= 0.3 is 12.4 Å². The second-order valence-corrected chi connectivity index (χ2v) is 6.31. The predicted octanol–water partition coefficient (Wildman–Crippen LogP) is 4.88. The van der Waals surface area contributed by atoms with E-state index >= 15 is 0 Å². The highest BCUT2D eigenvalue weighted by molar-refractivity contribution is 5.97. The molecule has 0 radical (unpaired) electrons. The third kappa shape index (κ3) is 4.64. The fraction of sp³-hybridized carbons (Fsp3) is 0.200. The van der Waals surface area contributed by atoms with Gasteiger partial charge in [-0.1, -0.05) is 48.5 Å². The number of amides is 1. The molecule has 1 aromatic heterocycles. The van der Waals surface area contributed by atoms with Crippen molar-refractivity contribution in [3.63, 3.8) is 0 Å². The Hall–Kier alpha value is -3.30. The van der Waals surface area contributed by atoms with E-state index in [-0.39, 0.29) is 23.3 Å². The molecule has 0 bridgehead atoms. The van der Waals surface area contributed by atoms with Gasteiger partial charge in [0, 0.05) is 6.54 Å². The van der Waals surface area contributed by atoms with E-state index in [1.165, 1.54) is 30.3 Å². The second kappa shape index (κ2) is 8.21. The number of aromatic nitrogens is 2. The van der Waals surface area contributed by atoms with Gasteiger partial charge in [0.25, 0.3) is 5.91 Å². The molecule has 0 atom stereocenters. The van der Waals surface area contributed by atoms with Crippen molar-refractivity contribution in [1.82, 2.24) is 15.1 Å². The lowest BCUT2D eigenvalue weighted by molar-refractivity contribution is -0.144. The van der Waals surface area contributed by atoms with Crippen LogP contribution in [-0.4, -0.2) is 22.2 Å². The normalized spacial score (nSPS) is 12.1. The summed E-state index contributed by atoms with van der Waals surface area (Å²) in [5.74, 6) is -1.49. The van der Waals surface area contributed by atoms with Crippen LogP contribution in [-0.2, 0) is 18.8 Å². The molecule has 0 spiro atoms. The zero-order valence-corrected chi connectivity index (χ0v) is 15.3. The van der Waals surface area contributed by atoms with Crippen LogP contribution in [0.25, 0.3) is 5.69 Å². The summed E-state index contributed by atoms with van der Waals surface area (Å²) >= 11 is 0.